The first-order valence-electron chi connectivity index (χ1n) is 9.53. The Hall–Kier alpha value is -2.40. The lowest BCUT2D eigenvalue weighted by molar-refractivity contribution is 0.0946. The second-order valence-corrected chi connectivity index (χ2v) is 7.31. The third-order valence-electron chi connectivity index (χ3n) is 5.18. The number of benzene rings is 2. The molecule has 0 unspecified atom stereocenters. The molecule has 1 amide bonds. The van der Waals surface area contributed by atoms with Gasteiger partial charge in [-0.25, -0.2) is 4.39 Å². The van der Waals surface area contributed by atoms with Crippen LogP contribution in [0.5, 0.6) is 0 Å². The summed E-state index contributed by atoms with van der Waals surface area (Å²) in [6.07, 6.45) is 0. The van der Waals surface area contributed by atoms with Gasteiger partial charge in [-0.15, -0.1) is 0 Å². The molecule has 0 saturated carbocycles. The van der Waals surface area contributed by atoms with Crippen molar-refractivity contribution in [3.8, 4) is 0 Å². The lowest BCUT2D eigenvalue weighted by Gasteiger charge is -2.36. The lowest BCUT2D eigenvalue weighted by Crippen LogP contribution is -2.48. The molecule has 0 bridgehead atoms. The van der Waals surface area contributed by atoms with Gasteiger partial charge in [0.05, 0.1) is 5.69 Å². The number of nitrogens with zero attached hydrogens (tertiary/aromatic N) is 2. The number of nitrogens with one attached hydrogen (secondary N) is 1. The van der Waals surface area contributed by atoms with Crippen LogP contribution >= 0.6 is 0 Å². The van der Waals surface area contributed by atoms with Crippen molar-refractivity contribution in [3.05, 3.63) is 64.5 Å². The summed E-state index contributed by atoms with van der Waals surface area (Å²) in [7, 11) is 0. The van der Waals surface area contributed by atoms with Gasteiger partial charge >= 0.3 is 0 Å². The Kier molecular flexibility index (Phi) is 6.11. The molecule has 2 aromatic rings. The zero-order chi connectivity index (χ0) is 19.4. The second kappa shape index (κ2) is 8.53. The average Bonchev–Trinajstić information content (AvgIpc) is 2.62. The molecule has 0 atom stereocenters. The fourth-order valence-corrected chi connectivity index (χ4v) is 3.87. The minimum atomic E-state index is -0.165. The van der Waals surface area contributed by atoms with Crippen molar-refractivity contribution in [1.29, 1.82) is 0 Å². The van der Waals surface area contributed by atoms with Crippen LogP contribution in [-0.2, 0) is 0 Å². The minimum Gasteiger partial charge on any atom is -0.367 e. The Morgan fingerprint density at radius 2 is 1.67 bits per heavy atom. The van der Waals surface area contributed by atoms with Gasteiger partial charge in [-0.1, -0.05) is 29.8 Å². The van der Waals surface area contributed by atoms with E-state index >= 15 is 0 Å². The Morgan fingerprint density at radius 3 is 2.30 bits per heavy atom. The summed E-state index contributed by atoms with van der Waals surface area (Å²) in [6, 6.07) is 11.0. The molecular formula is C22H28FN3O. The van der Waals surface area contributed by atoms with Gasteiger partial charge in [0.2, 0.25) is 0 Å². The van der Waals surface area contributed by atoms with Crippen molar-refractivity contribution < 1.29 is 9.18 Å². The average molecular weight is 369 g/mol. The standard InChI is InChI=1S/C22H28FN3O/c1-16-14-17(2)21(18(3)15-16)22(27)24-8-9-25-10-12-26(13-11-25)20-7-5-4-6-19(20)23/h4-7,14-15H,8-13H2,1-3H3,(H,24,27). The molecule has 27 heavy (non-hydrogen) atoms. The monoisotopic (exact) mass is 369 g/mol. The van der Waals surface area contributed by atoms with E-state index in [1.165, 1.54) is 11.6 Å². The molecule has 0 aromatic heterocycles. The highest BCUT2D eigenvalue weighted by Gasteiger charge is 2.19. The van der Waals surface area contributed by atoms with Crippen LogP contribution in [-0.4, -0.2) is 50.1 Å². The van der Waals surface area contributed by atoms with Crippen molar-refractivity contribution in [2.24, 2.45) is 0 Å². The number of carbonyl (C=O) groups is 1. The highest BCUT2D eigenvalue weighted by Crippen LogP contribution is 2.20. The van der Waals surface area contributed by atoms with Gasteiger partial charge in [-0.2, -0.15) is 0 Å². The van der Waals surface area contributed by atoms with Crippen LogP contribution in [0.15, 0.2) is 36.4 Å². The van der Waals surface area contributed by atoms with Crippen LogP contribution < -0.4 is 10.2 Å². The largest absolute Gasteiger partial charge is 0.367 e. The van der Waals surface area contributed by atoms with Gasteiger partial charge in [-0.05, 0) is 44.0 Å². The van der Waals surface area contributed by atoms with Gasteiger partial charge in [-0.3, -0.25) is 9.69 Å². The Bertz CT molecular complexity index is 790. The number of amides is 1. The first-order valence-corrected chi connectivity index (χ1v) is 9.53. The van der Waals surface area contributed by atoms with E-state index in [-0.39, 0.29) is 11.7 Å². The number of aryl methyl sites for hydroxylation is 3. The quantitative estimate of drug-likeness (QED) is 0.878. The third-order valence-corrected chi connectivity index (χ3v) is 5.18. The number of halogens is 1. The third kappa shape index (κ3) is 4.66. The highest BCUT2D eigenvalue weighted by molar-refractivity contribution is 5.97. The van der Waals surface area contributed by atoms with Crippen LogP contribution in [0.2, 0.25) is 0 Å². The lowest BCUT2D eigenvalue weighted by atomic mass is 9.99. The predicted octanol–water partition coefficient (Wildman–Crippen LogP) is 3.30. The Labute approximate surface area is 161 Å². The van der Waals surface area contributed by atoms with E-state index in [9.17, 15) is 9.18 Å². The molecule has 1 aliphatic heterocycles. The maximum atomic E-state index is 13.9. The van der Waals surface area contributed by atoms with E-state index in [4.69, 9.17) is 0 Å². The van der Waals surface area contributed by atoms with Crippen LogP contribution in [0.4, 0.5) is 10.1 Å². The molecule has 0 spiro atoms. The van der Waals surface area contributed by atoms with Crippen LogP contribution in [0.25, 0.3) is 0 Å². The molecule has 4 nitrogen and oxygen atoms in total. The fraction of sp³-hybridized carbons (Fsp3) is 0.409. The molecule has 1 fully saturated rings. The predicted molar refractivity (Wildman–Crippen MR) is 108 cm³/mol. The molecule has 3 rings (SSSR count). The molecule has 144 valence electrons. The summed E-state index contributed by atoms with van der Waals surface area (Å²) in [5, 5.41) is 3.05. The number of para-hydroxylation sites is 1. The number of carbonyl (C=O) groups excluding carboxylic acids is 1. The van der Waals surface area contributed by atoms with Gasteiger partial charge in [0.1, 0.15) is 5.82 Å². The summed E-state index contributed by atoms with van der Waals surface area (Å²) in [5.41, 5.74) is 4.67. The summed E-state index contributed by atoms with van der Waals surface area (Å²) >= 11 is 0. The van der Waals surface area contributed by atoms with E-state index in [1.54, 1.807) is 6.07 Å². The molecular weight excluding hydrogens is 341 g/mol. The van der Waals surface area contributed by atoms with E-state index in [0.717, 1.165) is 49.4 Å². The van der Waals surface area contributed by atoms with Crippen LogP contribution in [0.1, 0.15) is 27.0 Å². The Morgan fingerprint density at radius 1 is 1.04 bits per heavy atom. The van der Waals surface area contributed by atoms with E-state index < -0.39 is 0 Å². The summed E-state index contributed by atoms with van der Waals surface area (Å²) in [5.74, 6) is -0.169. The molecule has 5 heteroatoms. The zero-order valence-corrected chi connectivity index (χ0v) is 16.4. The molecule has 2 aromatic carbocycles. The minimum absolute atomic E-state index is 0.00464. The van der Waals surface area contributed by atoms with Gasteiger partial charge in [0.25, 0.3) is 5.91 Å². The number of piperazine rings is 1. The van der Waals surface area contributed by atoms with E-state index in [0.29, 0.717) is 12.2 Å². The molecule has 1 saturated heterocycles. The fourth-order valence-electron chi connectivity index (χ4n) is 3.87. The van der Waals surface area contributed by atoms with Crippen molar-refractivity contribution in [2.45, 2.75) is 20.8 Å². The topological polar surface area (TPSA) is 35.6 Å². The zero-order valence-electron chi connectivity index (χ0n) is 16.4. The summed E-state index contributed by atoms with van der Waals surface area (Å²) < 4.78 is 13.9. The SMILES string of the molecule is Cc1cc(C)c(C(=O)NCCN2CCN(c3ccccc3F)CC2)c(C)c1. The van der Waals surface area contributed by atoms with Crippen molar-refractivity contribution in [3.63, 3.8) is 0 Å². The number of rotatable bonds is 5. The van der Waals surface area contributed by atoms with Crippen molar-refractivity contribution >= 4 is 11.6 Å². The number of anilines is 1. The first-order chi connectivity index (χ1) is 13.0. The van der Waals surface area contributed by atoms with Crippen LogP contribution in [0, 0.1) is 26.6 Å². The van der Waals surface area contributed by atoms with Gasteiger partial charge in [0.15, 0.2) is 0 Å². The molecule has 0 radical (unpaired) electrons. The summed E-state index contributed by atoms with van der Waals surface area (Å²) in [4.78, 5) is 16.9. The normalized spacial score (nSPS) is 15.0. The molecule has 1 aliphatic rings. The maximum Gasteiger partial charge on any atom is 0.251 e. The van der Waals surface area contributed by atoms with Gasteiger partial charge < -0.3 is 10.2 Å². The van der Waals surface area contributed by atoms with Crippen molar-refractivity contribution in [1.82, 2.24) is 10.2 Å². The molecule has 1 N–H and O–H groups in total. The van der Waals surface area contributed by atoms with Gasteiger partial charge in [0, 0.05) is 44.8 Å². The molecule has 0 aliphatic carbocycles. The first kappa shape index (κ1) is 19.4. The van der Waals surface area contributed by atoms with Crippen molar-refractivity contribution in [2.75, 3.05) is 44.2 Å². The van der Waals surface area contributed by atoms with E-state index in [2.05, 4.69) is 15.1 Å². The second-order valence-electron chi connectivity index (χ2n) is 7.31. The molecule has 1 heterocycles. The maximum absolute atomic E-state index is 13.9. The van der Waals surface area contributed by atoms with E-state index in [1.807, 2.05) is 45.0 Å². The highest BCUT2D eigenvalue weighted by atomic mass is 19.1. The Balaban J connectivity index is 1.47. The smallest absolute Gasteiger partial charge is 0.251 e. The number of hydrogen-bond donors (Lipinski definition) is 1. The number of hydrogen-bond acceptors (Lipinski definition) is 3. The van der Waals surface area contributed by atoms with Crippen LogP contribution in [0.3, 0.4) is 0 Å². The summed E-state index contributed by atoms with van der Waals surface area (Å²) in [6.45, 7) is 10.8.